The fourth-order valence-corrected chi connectivity index (χ4v) is 7.49. The van der Waals surface area contributed by atoms with Gasteiger partial charge in [0.15, 0.2) is 0 Å². The summed E-state index contributed by atoms with van der Waals surface area (Å²) in [5, 5.41) is 4.40. The van der Waals surface area contributed by atoms with Gasteiger partial charge in [0.25, 0.3) is 0 Å². The number of aromatic nitrogens is 1. The number of para-hydroxylation sites is 1. The zero-order valence-corrected chi connectivity index (χ0v) is 24.3. The summed E-state index contributed by atoms with van der Waals surface area (Å²) < 4.78 is 10.9. The van der Waals surface area contributed by atoms with Crippen LogP contribution < -0.4 is 14.8 Å². The normalized spacial score (nSPS) is 22.6. The highest BCUT2D eigenvalue weighted by molar-refractivity contribution is 6.02. The second-order valence-electron chi connectivity index (χ2n) is 12.6. The Morgan fingerprint density at radius 2 is 1.77 bits per heavy atom. The van der Waals surface area contributed by atoms with Crippen LogP contribution >= 0.6 is 0 Å². The molecule has 0 spiro atoms. The summed E-state index contributed by atoms with van der Waals surface area (Å²) in [6, 6.07) is 14.0. The summed E-state index contributed by atoms with van der Waals surface area (Å²) in [5.74, 6) is 1.77. The number of aromatic amines is 1. The lowest BCUT2D eigenvalue weighted by Crippen LogP contribution is -2.58. The molecule has 0 saturated heterocycles. The number of ether oxygens (including phenoxy) is 2. The average Bonchev–Trinajstić information content (AvgIpc) is 3.73. The van der Waals surface area contributed by atoms with Crippen LogP contribution in [0.25, 0.3) is 10.9 Å². The van der Waals surface area contributed by atoms with E-state index in [4.69, 9.17) is 9.47 Å². The molecular weight excluding hydrogens is 502 g/mol. The number of hydrogen-bond acceptors (Lipinski definition) is 4. The number of anilines is 1. The topological polar surface area (TPSA) is 83.7 Å². The summed E-state index contributed by atoms with van der Waals surface area (Å²) in [4.78, 5) is 34.0. The van der Waals surface area contributed by atoms with Gasteiger partial charge in [-0.05, 0) is 73.6 Å². The van der Waals surface area contributed by atoms with E-state index in [1.54, 1.807) is 20.3 Å². The number of carbonyl (C=O) groups excluding carboxylic acids is 2. The van der Waals surface area contributed by atoms with Crippen LogP contribution in [-0.4, -0.2) is 47.5 Å². The predicted octanol–water partition coefficient (Wildman–Crippen LogP) is 6.57. The first kappa shape index (κ1) is 26.7. The monoisotopic (exact) mass is 543 g/mol. The van der Waals surface area contributed by atoms with Gasteiger partial charge in [-0.3, -0.25) is 9.59 Å². The van der Waals surface area contributed by atoms with E-state index in [2.05, 4.69) is 55.3 Å². The van der Waals surface area contributed by atoms with Crippen LogP contribution in [0.3, 0.4) is 0 Å². The van der Waals surface area contributed by atoms with Crippen molar-refractivity contribution in [1.29, 1.82) is 0 Å². The highest BCUT2D eigenvalue weighted by atomic mass is 16.5. The maximum absolute atomic E-state index is 14.3. The van der Waals surface area contributed by atoms with Crippen LogP contribution in [0.5, 0.6) is 11.5 Å². The van der Waals surface area contributed by atoms with E-state index in [0.717, 1.165) is 31.2 Å². The Labute approximate surface area is 236 Å². The van der Waals surface area contributed by atoms with Gasteiger partial charge in [-0.1, -0.05) is 44.9 Å². The van der Waals surface area contributed by atoms with Crippen LogP contribution in [0.4, 0.5) is 5.69 Å². The van der Waals surface area contributed by atoms with Crippen molar-refractivity contribution >= 4 is 28.4 Å². The van der Waals surface area contributed by atoms with Crippen molar-refractivity contribution in [1.82, 2.24) is 9.88 Å². The average molecular weight is 544 g/mol. The highest BCUT2D eigenvalue weighted by Crippen LogP contribution is 2.67. The molecule has 2 N–H and O–H groups in total. The summed E-state index contributed by atoms with van der Waals surface area (Å²) >= 11 is 0. The van der Waals surface area contributed by atoms with Gasteiger partial charge in [0.05, 0.1) is 19.9 Å². The largest absolute Gasteiger partial charge is 0.497 e. The molecule has 3 aliphatic carbocycles. The number of hydrogen-bond donors (Lipinski definition) is 2. The summed E-state index contributed by atoms with van der Waals surface area (Å²) in [7, 11) is 3.18. The van der Waals surface area contributed by atoms with Crippen molar-refractivity contribution in [2.24, 2.45) is 11.3 Å². The number of H-pyrrole nitrogens is 1. The molecule has 0 radical (unpaired) electrons. The molecule has 1 aromatic heterocycles. The second-order valence-corrected chi connectivity index (χ2v) is 12.6. The van der Waals surface area contributed by atoms with Gasteiger partial charge in [0, 0.05) is 35.1 Å². The molecule has 3 saturated carbocycles. The van der Waals surface area contributed by atoms with Crippen LogP contribution in [0.1, 0.15) is 76.0 Å². The van der Waals surface area contributed by atoms with Crippen molar-refractivity contribution in [3.8, 4) is 11.5 Å². The molecule has 0 bridgehead atoms. The zero-order chi connectivity index (χ0) is 28.2. The molecule has 2 atom stereocenters. The standard InChI is InChI=1S/C33H41N3O4/c1-20-29(23-10-6-7-11-25(23)34-20)30-24(32(30,2)3)19-28(37)36(21-12-13-21)33(16-8-9-17-33)31(38)35-26-15-14-22(39-4)18-27(26)40-5/h6-7,10-11,14-15,18,21,24,30,34H,8-9,12-13,16-17,19H2,1-5H3,(H,35,38)/t24-,30+/m0/s1. The molecule has 6 rings (SSSR count). The molecule has 212 valence electrons. The van der Waals surface area contributed by atoms with Crippen LogP contribution in [0.15, 0.2) is 42.5 Å². The number of nitrogens with zero attached hydrogens (tertiary/aromatic N) is 1. The molecule has 40 heavy (non-hydrogen) atoms. The number of rotatable bonds is 9. The Balaban J connectivity index is 1.27. The second kappa shape index (κ2) is 9.86. The third-order valence-corrected chi connectivity index (χ3v) is 9.85. The predicted molar refractivity (Wildman–Crippen MR) is 157 cm³/mol. The number of aryl methyl sites for hydroxylation is 1. The first-order chi connectivity index (χ1) is 19.2. The Morgan fingerprint density at radius 3 is 2.45 bits per heavy atom. The minimum Gasteiger partial charge on any atom is -0.497 e. The van der Waals surface area contributed by atoms with Gasteiger partial charge >= 0.3 is 0 Å². The Hall–Kier alpha value is -3.48. The van der Waals surface area contributed by atoms with Crippen LogP contribution in [0, 0.1) is 18.3 Å². The Morgan fingerprint density at radius 1 is 1.05 bits per heavy atom. The van der Waals surface area contributed by atoms with Gasteiger partial charge in [0.1, 0.15) is 17.0 Å². The molecule has 1 heterocycles. The van der Waals surface area contributed by atoms with Gasteiger partial charge in [-0.2, -0.15) is 0 Å². The molecule has 7 nitrogen and oxygen atoms in total. The molecule has 3 aromatic rings. The van der Waals surface area contributed by atoms with E-state index >= 15 is 0 Å². The van der Waals surface area contributed by atoms with Crippen molar-refractivity contribution < 1.29 is 19.1 Å². The number of nitrogens with one attached hydrogen (secondary N) is 2. The molecule has 2 amide bonds. The highest BCUT2D eigenvalue weighted by Gasteiger charge is 2.61. The quantitative estimate of drug-likeness (QED) is 0.320. The molecule has 3 aliphatic rings. The molecule has 0 aliphatic heterocycles. The SMILES string of the molecule is COc1ccc(NC(=O)C2(N(C(=O)C[C@H]3[C@H](c4c(C)[nH]c5ccccc45)C3(C)C)C3CC3)CCCC2)c(OC)c1. The summed E-state index contributed by atoms with van der Waals surface area (Å²) in [6.07, 6.45) is 5.66. The molecule has 7 heteroatoms. The van der Waals surface area contributed by atoms with Crippen molar-refractivity contribution in [2.75, 3.05) is 19.5 Å². The van der Waals surface area contributed by atoms with Gasteiger partial charge in [0.2, 0.25) is 11.8 Å². The lowest BCUT2D eigenvalue weighted by atomic mass is 9.91. The van der Waals surface area contributed by atoms with Crippen LogP contribution in [0.2, 0.25) is 0 Å². The van der Waals surface area contributed by atoms with E-state index in [9.17, 15) is 9.59 Å². The summed E-state index contributed by atoms with van der Waals surface area (Å²) in [6.45, 7) is 6.71. The number of carbonyl (C=O) groups is 2. The van der Waals surface area contributed by atoms with E-state index < -0.39 is 5.54 Å². The Bertz CT molecular complexity index is 1450. The molecule has 3 fully saturated rings. The number of fused-ring (bicyclic) bond motifs is 1. The number of methoxy groups -OCH3 is 2. The van der Waals surface area contributed by atoms with E-state index in [1.807, 2.05) is 17.0 Å². The van der Waals surface area contributed by atoms with E-state index in [0.29, 0.717) is 42.4 Å². The molecular formula is C33H41N3O4. The lowest BCUT2D eigenvalue weighted by Gasteiger charge is -2.41. The van der Waals surface area contributed by atoms with E-state index in [-0.39, 0.29) is 29.2 Å². The smallest absolute Gasteiger partial charge is 0.250 e. The fourth-order valence-electron chi connectivity index (χ4n) is 7.49. The maximum atomic E-state index is 14.3. The van der Waals surface area contributed by atoms with E-state index in [1.165, 1.54) is 16.6 Å². The van der Waals surface area contributed by atoms with Gasteiger partial charge in [-0.25, -0.2) is 0 Å². The molecule has 0 unspecified atom stereocenters. The Kier molecular flexibility index (Phi) is 6.59. The number of benzene rings is 2. The fraction of sp³-hybridized carbons (Fsp3) is 0.515. The maximum Gasteiger partial charge on any atom is 0.250 e. The van der Waals surface area contributed by atoms with Gasteiger partial charge in [-0.15, -0.1) is 0 Å². The minimum atomic E-state index is -0.825. The third kappa shape index (κ3) is 4.34. The summed E-state index contributed by atoms with van der Waals surface area (Å²) in [5.41, 5.74) is 3.47. The lowest BCUT2D eigenvalue weighted by molar-refractivity contribution is -0.146. The number of amides is 2. The van der Waals surface area contributed by atoms with Crippen molar-refractivity contribution in [2.45, 2.75) is 83.2 Å². The third-order valence-electron chi connectivity index (χ3n) is 9.85. The van der Waals surface area contributed by atoms with Crippen LogP contribution in [-0.2, 0) is 9.59 Å². The first-order valence-corrected chi connectivity index (χ1v) is 14.6. The van der Waals surface area contributed by atoms with Crippen molar-refractivity contribution in [3.63, 3.8) is 0 Å². The van der Waals surface area contributed by atoms with Gasteiger partial charge < -0.3 is 24.7 Å². The molecule has 2 aromatic carbocycles. The minimum absolute atomic E-state index is 0.0160. The zero-order valence-electron chi connectivity index (χ0n) is 24.3. The first-order valence-electron chi connectivity index (χ1n) is 14.6. The van der Waals surface area contributed by atoms with Crippen molar-refractivity contribution in [3.05, 3.63) is 53.7 Å².